The third-order valence-electron chi connectivity index (χ3n) is 4.81. The van der Waals surface area contributed by atoms with E-state index < -0.39 is 0 Å². The molecule has 2 aliphatic rings. The van der Waals surface area contributed by atoms with E-state index in [4.69, 9.17) is 4.74 Å². The maximum Gasteiger partial charge on any atom is 0.167 e. The summed E-state index contributed by atoms with van der Waals surface area (Å²) in [7, 11) is 2.31. The zero-order valence-electron chi connectivity index (χ0n) is 12.7. The molecule has 2 aliphatic heterocycles. The quantitative estimate of drug-likeness (QED) is 0.567. The summed E-state index contributed by atoms with van der Waals surface area (Å²) in [6.45, 7) is 10.3. The van der Waals surface area contributed by atoms with Crippen LogP contribution in [0.3, 0.4) is 0 Å². The first-order valence-corrected chi connectivity index (χ1v) is 8.01. The Morgan fingerprint density at radius 2 is 2.05 bits per heavy atom. The van der Waals surface area contributed by atoms with Crippen LogP contribution in [0.4, 0.5) is 0 Å². The highest BCUT2D eigenvalue weighted by molar-refractivity contribution is 5.42. The van der Waals surface area contributed by atoms with Crippen LogP contribution in [0.2, 0.25) is 0 Å². The predicted molar refractivity (Wildman–Crippen MR) is 78.2 cm³/mol. The van der Waals surface area contributed by atoms with Gasteiger partial charge in [-0.05, 0) is 13.0 Å². The number of ether oxygens (including phenoxy) is 1. The fourth-order valence-corrected chi connectivity index (χ4v) is 3.68. The summed E-state index contributed by atoms with van der Waals surface area (Å²) in [5.74, 6) is 1.13. The number of rotatable bonds is 3. The van der Waals surface area contributed by atoms with E-state index in [1.165, 1.54) is 43.9 Å². The Hall–Kier alpha value is -1.10. The molecule has 1 aromatic carbocycles. The van der Waals surface area contributed by atoms with Crippen LogP contribution in [0.25, 0.3) is 0 Å². The molecule has 0 saturated carbocycles. The van der Waals surface area contributed by atoms with Crippen molar-refractivity contribution in [2.45, 2.75) is 19.5 Å². The van der Waals surface area contributed by atoms with Crippen molar-refractivity contribution in [1.29, 1.82) is 0 Å². The Morgan fingerprint density at radius 1 is 1.25 bits per heavy atom. The van der Waals surface area contributed by atoms with Crippen molar-refractivity contribution in [2.24, 2.45) is 0 Å². The van der Waals surface area contributed by atoms with Crippen molar-refractivity contribution in [3.63, 3.8) is 0 Å². The topological polar surface area (TPSA) is 34.7 Å². The van der Waals surface area contributed by atoms with Gasteiger partial charge in [0.25, 0.3) is 0 Å². The van der Waals surface area contributed by atoms with Crippen molar-refractivity contribution in [3.8, 4) is 5.75 Å². The molecule has 1 saturated heterocycles. The molecule has 3 rings (SSSR count). The van der Waals surface area contributed by atoms with Gasteiger partial charge in [0.1, 0.15) is 45.0 Å². The smallest absolute Gasteiger partial charge is 0.167 e. The number of likely N-dealkylation sites (N-methyl/N-ethyl adjacent to an activating group) is 1. The number of fused-ring (bicyclic) bond motifs is 1. The molecule has 1 aromatic rings. The van der Waals surface area contributed by atoms with E-state index in [0.29, 0.717) is 6.04 Å². The molecule has 0 spiro atoms. The average molecular weight is 278 g/mol. The molecule has 0 aromatic heterocycles. The van der Waals surface area contributed by atoms with Crippen molar-refractivity contribution in [2.75, 3.05) is 46.4 Å². The largest absolute Gasteiger partial charge is 0.493 e. The highest BCUT2D eigenvalue weighted by Gasteiger charge is 2.36. The fourth-order valence-electron chi connectivity index (χ4n) is 3.68. The summed E-state index contributed by atoms with van der Waals surface area (Å²) in [5, 5.41) is 2.46. The van der Waals surface area contributed by atoms with E-state index in [9.17, 15) is 0 Å². The van der Waals surface area contributed by atoms with Gasteiger partial charge in [0.2, 0.25) is 0 Å². The van der Waals surface area contributed by atoms with Crippen molar-refractivity contribution >= 4 is 0 Å². The fraction of sp³-hybridized carbons (Fsp3) is 0.625. The Labute approximate surface area is 121 Å². The molecule has 4 heteroatoms. The molecule has 0 radical (unpaired) electrons. The molecular weight excluding hydrogens is 250 g/mol. The van der Waals surface area contributed by atoms with Gasteiger partial charge in [-0.2, -0.15) is 0 Å². The Balaban J connectivity index is 1.88. The molecular formula is C16H28N3O+3. The van der Waals surface area contributed by atoms with E-state index >= 15 is 0 Å². The highest BCUT2D eigenvalue weighted by Crippen LogP contribution is 2.28. The molecule has 110 valence electrons. The minimum absolute atomic E-state index is 0.606. The molecule has 4 N–H and O–H groups in total. The van der Waals surface area contributed by atoms with Crippen LogP contribution >= 0.6 is 0 Å². The van der Waals surface area contributed by atoms with Gasteiger partial charge in [0, 0.05) is 5.56 Å². The number of hydrogen-bond donors (Lipinski definition) is 3. The summed E-state index contributed by atoms with van der Waals surface area (Å²) in [6.07, 6.45) is 0. The van der Waals surface area contributed by atoms with Crippen LogP contribution in [0, 0.1) is 0 Å². The third kappa shape index (κ3) is 2.68. The molecule has 20 heavy (non-hydrogen) atoms. The maximum atomic E-state index is 5.91. The average Bonchev–Trinajstić information content (AvgIpc) is 2.48. The number of benzene rings is 1. The van der Waals surface area contributed by atoms with E-state index in [-0.39, 0.29) is 0 Å². The lowest BCUT2D eigenvalue weighted by atomic mass is 9.94. The number of nitrogens with two attached hydrogens (primary N) is 1. The Morgan fingerprint density at radius 3 is 2.80 bits per heavy atom. The first kappa shape index (κ1) is 13.9. The molecule has 0 bridgehead atoms. The maximum absolute atomic E-state index is 5.91. The lowest BCUT2D eigenvalue weighted by Gasteiger charge is -2.35. The Bertz CT molecular complexity index is 455. The van der Waals surface area contributed by atoms with Crippen LogP contribution in [-0.2, 0) is 6.54 Å². The Kier molecular flexibility index (Phi) is 4.24. The SMILES string of the molecule is CCOc1cccc2c1[C@H]([NH+]1CC[NH+](C)CC1)C[NH2+]C2. The second kappa shape index (κ2) is 6.12. The number of piperazine rings is 1. The molecule has 1 atom stereocenters. The molecule has 1 fully saturated rings. The monoisotopic (exact) mass is 278 g/mol. The molecule has 4 nitrogen and oxygen atoms in total. The van der Waals surface area contributed by atoms with Gasteiger partial charge in [-0.1, -0.05) is 12.1 Å². The van der Waals surface area contributed by atoms with Crippen LogP contribution in [0.5, 0.6) is 5.75 Å². The molecule has 0 amide bonds. The number of nitrogens with one attached hydrogen (secondary N) is 2. The van der Waals surface area contributed by atoms with Crippen molar-refractivity contribution in [3.05, 3.63) is 29.3 Å². The van der Waals surface area contributed by atoms with E-state index in [2.05, 4.69) is 37.5 Å². The van der Waals surface area contributed by atoms with Gasteiger partial charge in [0.05, 0.1) is 19.2 Å². The van der Waals surface area contributed by atoms with Crippen LogP contribution in [0.1, 0.15) is 24.1 Å². The lowest BCUT2D eigenvalue weighted by Crippen LogP contribution is -3.28. The van der Waals surface area contributed by atoms with Crippen molar-refractivity contribution in [1.82, 2.24) is 0 Å². The number of hydrogen-bond acceptors (Lipinski definition) is 1. The first-order valence-electron chi connectivity index (χ1n) is 8.01. The van der Waals surface area contributed by atoms with Gasteiger partial charge in [0.15, 0.2) is 6.04 Å². The number of quaternary nitrogens is 3. The van der Waals surface area contributed by atoms with Crippen LogP contribution in [0.15, 0.2) is 18.2 Å². The molecule has 0 unspecified atom stereocenters. The summed E-state index contributed by atoms with van der Waals surface area (Å²) in [5.41, 5.74) is 2.97. The third-order valence-corrected chi connectivity index (χ3v) is 4.81. The second-order valence-corrected chi connectivity index (χ2v) is 6.16. The van der Waals surface area contributed by atoms with Gasteiger partial charge >= 0.3 is 0 Å². The summed E-state index contributed by atoms with van der Waals surface area (Å²) in [6, 6.07) is 7.18. The summed E-state index contributed by atoms with van der Waals surface area (Å²) in [4.78, 5) is 3.42. The summed E-state index contributed by atoms with van der Waals surface area (Å²) >= 11 is 0. The molecule has 2 heterocycles. The van der Waals surface area contributed by atoms with Gasteiger partial charge < -0.3 is 19.9 Å². The zero-order chi connectivity index (χ0) is 13.9. The van der Waals surface area contributed by atoms with Gasteiger partial charge in [-0.25, -0.2) is 0 Å². The van der Waals surface area contributed by atoms with E-state index in [0.717, 1.165) is 18.9 Å². The summed E-state index contributed by atoms with van der Waals surface area (Å²) < 4.78 is 5.91. The zero-order valence-corrected chi connectivity index (χ0v) is 12.7. The van der Waals surface area contributed by atoms with Crippen molar-refractivity contribution < 1.29 is 19.9 Å². The van der Waals surface area contributed by atoms with E-state index in [1.54, 1.807) is 9.80 Å². The molecule has 0 aliphatic carbocycles. The highest BCUT2D eigenvalue weighted by atomic mass is 16.5. The predicted octanol–water partition coefficient (Wildman–Crippen LogP) is -2.38. The van der Waals surface area contributed by atoms with E-state index in [1.807, 2.05) is 0 Å². The second-order valence-electron chi connectivity index (χ2n) is 6.16. The van der Waals surface area contributed by atoms with Crippen LogP contribution < -0.4 is 19.9 Å². The van der Waals surface area contributed by atoms with Gasteiger partial charge in [-0.3, -0.25) is 0 Å². The minimum Gasteiger partial charge on any atom is -0.493 e. The standard InChI is InChI=1S/C16H25N3O/c1-3-20-15-6-4-5-13-11-17-12-14(16(13)15)19-9-7-18(2)8-10-19/h4-6,14,17H,3,7-12H2,1-2H3/p+3/t14-/m1/s1. The van der Waals surface area contributed by atoms with Gasteiger partial charge in [-0.15, -0.1) is 0 Å². The first-order chi connectivity index (χ1) is 9.79. The lowest BCUT2D eigenvalue weighted by molar-refractivity contribution is -1.03. The normalized spacial score (nSPS) is 29.8. The minimum atomic E-state index is 0.606. The van der Waals surface area contributed by atoms with Crippen LogP contribution in [-0.4, -0.2) is 46.4 Å².